The zero-order chi connectivity index (χ0) is 15.5. The number of nitrogens with one attached hydrogen (secondary N) is 2. The fourth-order valence-electron chi connectivity index (χ4n) is 1.64. The van der Waals surface area contributed by atoms with E-state index in [0.717, 1.165) is 5.56 Å². The van der Waals surface area contributed by atoms with E-state index in [-0.39, 0.29) is 6.42 Å². The van der Waals surface area contributed by atoms with Gasteiger partial charge in [0.2, 0.25) is 17.7 Å². The van der Waals surface area contributed by atoms with Crippen LogP contribution < -0.4 is 11.1 Å². The summed E-state index contributed by atoms with van der Waals surface area (Å²) in [7, 11) is 0. The number of nitrogens with two attached hydrogens (primary N) is 1. The SMILES string of the molecule is Nc1ccccc1CCC(=O)Nc1n[nH]c(C(F)(F)F)n1. The van der Waals surface area contributed by atoms with Crippen molar-refractivity contribution in [1.82, 2.24) is 15.2 Å². The third-order valence-corrected chi connectivity index (χ3v) is 2.68. The molecule has 1 aromatic heterocycles. The minimum atomic E-state index is -4.63. The molecular weight excluding hydrogens is 287 g/mol. The van der Waals surface area contributed by atoms with Crippen molar-refractivity contribution in [3.63, 3.8) is 0 Å². The van der Waals surface area contributed by atoms with Crippen molar-refractivity contribution in [1.29, 1.82) is 0 Å². The Labute approximate surface area is 117 Å². The number of H-pyrrole nitrogens is 1. The number of anilines is 2. The standard InChI is InChI=1S/C12H12F3N5O/c13-12(14,15)10-18-11(20-19-10)17-9(21)6-5-7-3-1-2-4-8(7)16/h1-4H,5-6,16H2,(H2,17,18,19,20,21). The van der Waals surface area contributed by atoms with Gasteiger partial charge in [0.15, 0.2) is 0 Å². The largest absolute Gasteiger partial charge is 0.451 e. The van der Waals surface area contributed by atoms with Crippen LogP contribution in [0.2, 0.25) is 0 Å². The highest BCUT2D eigenvalue weighted by molar-refractivity contribution is 5.89. The first-order chi connectivity index (χ1) is 9.86. The molecule has 6 nitrogen and oxygen atoms in total. The van der Waals surface area contributed by atoms with Gasteiger partial charge in [-0.1, -0.05) is 18.2 Å². The topological polar surface area (TPSA) is 96.7 Å². The number of halogens is 3. The Kier molecular flexibility index (Phi) is 4.10. The molecule has 2 aromatic rings. The van der Waals surface area contributed by atoms with E-state index >= 15 is 0 Å². The number of para-hydroxylation sites is 1. The number of aryl methyl sites for hydroxylation is 1. The second kappa shape index (κ2) is 5.81. The molecule has 0 bridgehead atoms. The summed E-state index contributed by atoms with van der Waals surface area (Å²) < 4.78 is 36.9. The molecule has 0 saturated carbocycles. The minimum Gasteiger partial charge on any atom is -0.399 e. The highest BCUT2D eigenvalue weighted by atomic mass is 19.4. The van der Waals surface area contributed by atoms with Crippen LogP contribution in [0, 0.1) is 0 Å². The molecule has 2 rings (SSSR count). The van der Waals surface area contributed by atoms with Crippen LogP contribution >= 0.6 is 0 Å². The maximum atomic E-state index is 12.3. The lowest BCUT2D eigenvalue weighted by atomic mass is 10.1. The summed E-state index contributed by atoms with van der Waals surface area (Å²) in [5.74, 6) is -2.16. The monoisotopic (exact) mass is 299 g/mol. The van der Waals surface area contributed by atoms with Crippen LogP contribution in [0.15, 0.2) is 24.3 Å². The van der Waals surface area contributed by atoms with Crippen LogP contribution in [-0.4, -0.2) is 21.1 Å². The zero-order valence-electron chi connectivity index (χ0n) is 10.7. The Morgan fingerprint density at radius 2 is 2.05 bits per heavy atom. The lowest BCUT2D eigenvalue weighted by Crippen LogP contribution is -2.14. The summed E-state index contributed by atoms with van der Waals surface area (Å²) in [5, 5.41) is 7.19. The number of alkyl halides is 3. The zero-order valence-corrected chi connectivity index (χ0v) is 10.7. The Hall–Kier alpha value is -2.58. The first-order valence-corrected chi connectivity index (χ1v) is 5.99. The predicted molar refractivity (Wildman–Crippen MR) is 69.2 cm³/mol. The summed E-state index contributed by atoms with van der Waals surface area (Å²) in [6.45, 7) is 0. The van der Waals surface area contributed by atoms with Crippen LogP contribution in [0.1, 0.15) is 17.8 Å². The van der Waals surface area contributed by atoms with Gasteiger partial charge in [-0.05, 0) is 18.1 Å². The molecule has 0 radical (unpaired) electrons. The predicted octanol–water partition coefficient (Wildman–Crippen LogP) is 1.98. The number of benzene rings is 1. The number of nitrogen functional groups attached to an aromatic ring is 1. The van der Waals surface area contributed by atoms with Gasteiger partial charge in [-0.15, -0.1) is 5.10 Å². The normalized spacial score (nSPS) is 11.4. The first kappa shape index (κ1) is 14.8. The number of nitrogens with zero attached hydrogens (tertiary/aromatic N) is 2. The Morgan fingerprint density at radius 1 is 1.33 bits per heavy atom. The molecule has 9 heteroatoms. The average Bonchev–Trinajstić information content (AvgIpc) is 2.86. The van der Waals surface area contributed by atoms with Crippen molar-refractivity contribution in [2.45, 2.75) is 19.0 Å². The van der Waals surface area contributed by atoms with E-state index < -0.39 is 23.9 Å². The van der Waals surface area contributed by atoms with E-state index in [2.05, 4.69) is 15.4 Å². The van der Waals surface area contributed by atoms with Gasteiger partial charge in [0.1, 0.15) is 0 Å². The quantitative estimate of drug-likeness (QED) is 0.752. The molecule has 0 aliphatic carbocycles. The highest BCUT2D eigenvalue weighted by Gasteiger charge is 2.35. The third-order valence-electron chi connectivity index (χ3n) is 2.68. The van der Waals surface area contributed by atoms with Crippen molar-refractivity contribution in [2.24, 2.45) is 0 Å². The molecule has 0 saturated heterocycles. The summed E-state index contributed by atoms with van der Waals surface area (Å²) in [4.78, 5) is 14.8. The molecule has 1 heterocycles. The maximum Gasteiger partial charge on any atom is 0.451 e. The molecular formula is C12H12F3N5O. The van der Waals surface area contributed by atoms with Crippen LogP contribution in [0.4, 0.5) is 24.8 Å². The lowest BCUT2D eigenvalue weighted by molar-refractivity contribution is -0.144. The smallest absolute Gasteiger partial charge is 0.399 e. The van der Waals surface area contributed by atoms with Crippen molar-refractivity contribution in [2.75, 3.05) is 11.1 Å². The number of hydrogen-bond donors (Lipinski definition) is 3. The Balaban J connectivity index is 1.90. The Morgan fingerprint density at radius 3 is 2.67 bits per heavy atom. The lowest BCUT2D eigenvalue weighted by Gasteiger charge is -2.04. The maximum absolute atomic E-state index is 12.3. The summed E-state index contributed by atoms with van der Waals surface area (Å²) in [6, 6.07) is 7.04. The fourth-order valence-corrected chi connectivity index (χ4v) is 1.64. The molecule has 0 fully saturated rings. The van der Waals surface area contributed by atoms with E-state index in [1.165, 1.54) is 0 Å². The third kappa shape index (κ3) is 3.94. The van der Waals surface area contributed by atoms with E-state index in [4.69, 9.17) is 5.73 Å². The van der Waals surface area contributed by atoms with E-state index in [1.54, 1.807) is 29.4 Å². The van der Waals surface area contributed by atoms with Crippen LogP contribution in [-0.2, 0) is 17.4 Å². The van der Waals surface area contributed by atoms with Gasteiger partial charge in [-0.3, -0.25) is 15.2 Å². The molecule has 0 atom stereocenters. The molecule has 0 aliphatic rings. The molecule has 112 valence electrons. The molecule has 4 N–H and O–H groups in total. The van der Waals surface area contributed by atoms with Gasteiger partial charge in [-0.25, -0.2) is 0 Å². The Bertz CT molecular complexity index is 638. The van der Waals surface area contributed by atoms with Crippen molar-refractivity contribution < 1.29 is 18.0 Å². The van der Waals surface area contributed by atoms with Crippen molar-refractivity contribution in [3.8, 4) is 0 Å². The second-order valence-corrected chi connectivity index (χ2v) is 4.25. The summed E-state index contributed by atoms with van der Waals surface area (Å²) in [6.07, 6.45) is -4.20. The molecule has 21 heavy (non-hydrogen) atoms. The number of aromatic nitrogens is 3. The molecule has 1 aromatic carbocycles. The summed E-state index contributed by atoms with van der Waals surface area (Å²) in [5.41, 5.74) is 7.07. The van der Waals surface area contributed by atoms with Gasteiger partial charge in [0.25, 0.3) is 0 Å². The average molecular weight is 299 g/mol. The fraction of sp³-hybridized carbons (Fsp3) is 0.250. The molecule has 0 unspecified atom stereocenters. The minimum absolute atomic E-state index is 0.0596. The number of carbonyl (C=O) groups is 1. The highest BCUT2D eigenvalue weighted by Crippen LogP contribution is 2.26. The van der Waals surface area contributed by atoms with Gasteiger partial charge >= 0.3 is 6.18 Å². The molecule has 1 amide bonds. The van der Waals surface area contributed by atoms with Crippen LogP contribution in [0.5, 0.6) is 0 Å². The van der Waals surface area contributed by atoms with E-state index in [1.807, 2.05) is 0 Å². The van der Waals surface area contributed by atoms with Crippen LogP contribution in [0.25, 0.3) is 0 Å². The summed E-state index contributed by atoms with van der Waals surface area (Å²) >= 11 is 0. The number of amides is 1. The van der Waals surface area contributed by atoms with Gasteiger partial charge in [-0.2, -0.15) is 18.2 Å². The number of hydrogen-bond acceptors (Lipinski definition) is 4. The number of aromatic amines is 1. The molecule has 0 spiro atoms. The first-order valence-electron chi connectivity index (χ1n) is 5.99. The number of carbonyl (C=O) groups excluding carboxylic acids is 1. The van der Waals surface area contributed by atoms with Crippen LogP contribution in [0.3, 0.4) is 0 Å². The second-order valence-electron chi connectivity index (χ2n) is 4.25. The van der Waals surface area contributed by atoms with Crippen molar-refractivity contribution in [3.05, 3.63) is 35.7 Å². The van der Waals surface area contributed by atoms with Gasteiger partial charge < -0.3 is 5.73 Å². The number of rotatable bonds is 4. The molecule has 0 aliphatic heterocycles. The van der Waals surface area contributed by atoms with E-state index in [9.17, 15) is 18.0 Å². The van der Waals surface area contributed by atoms with Gasteiger partial charge in [0.05, 0.1) is 0 Å². The van der Waals surface area contributed by atoms with E-state index in [0.29, 0.717) is 12.1 Å². The van der Waals surface area contributed by atoms with Crippen molar-refractivity contribution >= 4 is 17.5 Å². The van der Waals surface area contributed by atoms with Gasteiger partial charge in [0, 0.05) is 12.1 Å².